The van der Waals surface area contributed by atoms with Gasteiger partial charge in [-0.3, -0.25) is 5.10 Å². The lowest BCUT2D eigenvalue weighted by atomic mass is 9.93. The Bertz CT molecular complexity index is 270. The first-order valence-corrected chi connectivity index (χ1v) is 3.70. The van der Waals surface area contributed by atoms with Gasteiger partial charge in [0.15, 0.2) is 5.60 Å². The summed E-state index contributed by atoms with van der Waals surface area (Å²) in [7, 11) is 0. The van der Waals surface area contributed by atoms with Crippen LogP contribution < -0.4 is 0 Å². The molecule has 0 aliphatic heterocycles. The van der Waals surface area contributed by atoms with E-state index in [0.29, 0.717) is 0 Å². The first-order valence-electron chi connectivity index (χ1n) is 3.70. The largest absolute Gasteiger partial charge is 0.421 e. The zero-order valence-electron chi connectivity index (χ0n) is 6.89. The predicted molar refractivity (Wildman–Crippen MR) is 38.8 cm³/mol. The summed E-state index contributed by atoms with van der Waals surface area (Å²) in [5, 5.41) is 14.9. The van der Waals surface area contributed by atoms with Crippen LogP contribution in [-0.4, -0.2) is 21.5 Å². The van der Waals surface area contributed by atoms with Crippen molar-refractivity contribution in [2.75, 3.05) is 0 Å². The van der Waals surface area contributed by atoms with Gasteiger partial charge in [-0.2, -0.15) is 18.3 Å². The lowest BCUT2D eigenvalue weighted by Gasteiger charge is -2.27. The summed E-state index contributed by atoms with van der Waals surface area (Å²) in [4.78, 5) is 0. The minimum atomic E-state index is -4.67. The van der Waals surface area contributed by atoms with Crippen LogP contribution in [0, 0.1) is 0 Å². The summed E-state index contributed by atoms with van der Waals surface area (Å²) in [6, 6.07) is 0. The molecule has 13 heavy (non-hydrogen) atoms. The van der Waals surface area contributed by atoms with Gasteiger partial charge in [-0.05, 0) is 6.42 Å². The number of aromatic amines is 1. The third-order valence-electron chi connectivity index (χ3n) is 1.96. The Morgan fingerprint density at radius 1 is 1.54 bits per heavy atom. The molecule has 1 atom stereocenters. The van der Waals surface area contributed by atoms with Crippen molar-refractivity contribution in [2.24, 2.45) is 0 Å². The Morgan fingerprint density at radius 3 is 2.46 bits per heavy atom. The summed E-state index contributed by atoms with van der Waals surface area (Å²) in [5.41, 5.74) is -3.05. The topological polar surface area (TPSA) is 48.9 Å². The van der Waals surface area contributed by atoms with Crippen LogP contribution in [0.4, 0.5) is 13.2 Å². The van der Waals surface area contributed by atoms with Crippen molar-refractivity contribution >= 4 is 0 Å². The molecule has 1 heterocycles. The summed E-state index contributed by atoms with van der Waals surface area (Å²) in [6.45, 7) is 1.26. The van der Waals surface area contributed by atoms with Crippen molar-refractivity contribution in [2.45, 2.75) is 25.1 Å². The smallest absolute Gasteiger partial charge is 0.376 e. The van der Waals surface area contributed by atoms with Crippen molar-refractivity contribution in [3.63, 3.8) is 0 Å². The van der Waals surface area contributed by atoms with Gasteiger partial charge in [0.25, 0.3) is 0 Å². The molecule has 0 aliphatic rings. The zero-order valence-corrected chi connectivity index (χ0v) is 6.89. The van der Waals surface area contributed by atoms with Gasteiger partial charge in [-0.15, -0.1) is 0 Å². The second-order valence-electron chi connectivity index (χ2n) is 2.70. The molecule has 1 aromatic rings. The van der Waals surface area contributed by atoms with Crippen molar-refractivity contribution in [3.05, 3.63) is 18.0 Å². The third kappa shape index (κ3) is 1.53. The molecule has 0 radical (unpaired) electrons. The molecule has 1 rings (SSSR count). The predicted octanol–water partition coefficient (Wildman–Crippen LogP) is 1.57. The van der Waals surface area contributed by atoms with Gasteiger partial charge in [-0.25, -0.2) is 0 Å². The molecule has 0 spiro atoms. The lowest BCUT2D eigenvalue weighted by Crippen LogP contribution is -2.41. The fraction of sp³-hybridized carbons (Fsp3) is 0.571. The Balaban J connectivity index is 3.09. The van der Waals surface area contributed by atoms with E-state index in [9.17, 15) is 18.3 Å². The van der Waals surface area contributed by atoms with Gasteiger partial charge in [0, 0.05) is 11.8 Å². The van der Waals surface area contributed by atoms with E-state index in [0.717, 1.165) is 12.4 Å². The number of aliphatic hydroxyl groups is 1. The van der Waals surface area contributed by atoms with Crippen LogP contribution in [0.2, 0.25) is 0 Å². The fourth-order valence-electron chi connectivity index (χ4n) is 1.05. The molecule has 3 nitrogen and oxygen atoms in total. The van der Waals surface area contributed by atoms with Crippen LogP contribution in [-0.2, 0) is 5.60 Å². The van der Waals surface area contributed by atoms with Gasteiger partial charge in [0.2, 0.25) is 0 Å². The average Bonchev–Trinajstić information content (AvgIpc) is 2.52. The van der Waals surface area contributed by atoms with E-state index in [1.807, 2.05) is 0 Å². The van der Waals surface area contributed by atoms with E-state index < -0.39 is 18.2 Å². The number of nitrogens with one attached hydrogen (secondary N) is 1. The van der Waals surface area contributed by atoms with E-state index in [-0.39, 0.29) is 5.56 Å². The maximum atomic E-state index is 12.4. The van der Waals surface area contributed by atoms with Crippen LogP contribution in [0.5, 0.6) is 0 Å². The summed E-state index contributed by atoms with van der Waals surface area (Å²) >= 11 is 0. The van der Waals surface area contributed by atoms with Crippen LogP contribution in [0.15, 0.2) is 12.4 Å². The van der Waals surface area contributed by atoms with Crippen molar-refractivity contribution < 1.29 is 18.3 Å². The van der Waals surface area contributed by atoms with Gasteiger partial charge in [-0.1, -0.05) is 6.92 Å². The SMILES string of the molecule is CCC(O)(c1cn[nH]c1)C(F)(F)F. The maximum Gasteiger partial charge on any atom is 0.421 e. The third-order valence-corrected chi connectivity index (χ3v) is 1.96. The minimum Gasteiger partial charge on any atom is -0.376 e. The number of nitrogens with zero attached hydrogens (tertiary/aromatic N) is 1. The van der Waals surface area contributed by atoms with Crippen LogP contribution >= 0.6 is 0 Å². The molecule has 0 bridgehead atoms. The molecule has 1 aromatic heterocycles. The number of hydrogen-bond acceptors (Lipinski definition) is 2. The molecule has 0 aliphatic carbocycles. The standard InChI is InChI=1S/C7H9F3N2O/c1-2-6(13,7(8,9)10)5-3-11-12-4-5/h3-4,13H,2H2,1H3,(H,11,12). The van der Waals surface area contributed by atoms with E-state index in [1.165, 1.54) is 6.92 Å². The van der Waals surface area contributed by atoms with Crippen LogP contribution in [0.3, 0.4) is 0 Å². The van der Waals surface area contributed by atoms with Crippen molar-refractivity contribution in [1.29, 1.82) is 0 Å². The molecular weight excluding hydrogens is 185 g/mol. The van der Waals surface area contributed by atoms with Crippen molar-refractivity contribution in [3.8, 4) is 0 Å². The van der Waals surface area contributed by atoms with E-state index in [2.05, 4.69) is 10.2 Å². The molecule has 6 heteroatoms. The Kier molecular flexibility index (Phi) is 2.34. The maximum absolute atomic E-state index is 12.4. The highest BCUT2D eigenvalue weighted by Gasteiger charge is 2.54. The minimum absolute atomic E-state index is 0.262. The monoisotopic (exact) mass is 194 g/mol. The Hall–Kier alpha value is -1.04. The normalized spacial score (nSPS) is 17.0. The quantitative estimate of drug-likeness (QED) is 0.750. The summed E-state index contributed by atoms with van der Waals surface area (Å²) < 4.78 is 37.1. The number of H-pyrrole nitrogens is 1. The molecular formula is C7H9F3N2O. The van der Waals surface area contributed by atoms with Crippen molar-refractivity contribution in [1.82, 2.24) is 10.2 Å². The molecule has 74 valence electrons. The number of hydrogen-bond donors (Lipinski definition) is 2. The van der Waals surface area contributed by atoms with Crippen LogP contribution in [0.1, 0.15) is 18.9 Å². The van der Waals surface area contributed by atoms with Gasteiger partial charge >= 0.3 is 6.18 Å². The van der Waals surface area contributed by atoms with E-state index in [1.54, 1.807) is 0 Å². The molecule has 0 fully saturated rings. The molecule has 0 saturated carbocycles. The number of rotatable bonds is 2. The first-order chi connectivity index (χ1) is 5.92. The molecule has 1 unspecified atom stereocenters. The second kappa shape index (κ2) is 3.02. The number of aromatic nitrogens is 2. The Labute approximate surface area is 72.6 Å². The van der Waals surface area contributed by atoms with Crippen LogP contribution in [0.25, 0.3) is 0 Å². The second-order valence-corrected chi connectivity index (χ2v) is 2.70. The zero-order chi connectivity index (χ0) is 10.1. The highest BCUT2D eigenvalue weighted by Crippen LogP contribution is 2.40. The summed E-state index contributed by atoms with van der Waals surface area (Å²) in [6.07, 6.45) is -3.10. The molecule has 0 amide bonds. The van der Waals surface area contributed by atoms with Gasteiger partial charge < -0.3 is 5.11 Å². The highest BCUT2D eigenvalue weighted by molar-refractivity contribution is 5.16. The summed E-state index contributed by atoms with van der Waals surface area (Å²) in [5.74, 6) is 0. The highest BCUT2D eigenvalue weighted by atomic mass is 19.4. The molecule has 0 aromatic carbocycles. The molecule has 2 N–H and O–H groups in total. The van der Waals surface area contributed by atoms with Gasteiger partial charge in [0.1, 0.15) is 0 Å². The lowest BCUT2D eigenvalue weighted by molar-refractivity contribution is -0.267. The average molecular weight is 194 g/mol. The van der Waals surface area contributed by atoms with E-state index in [4.69, 9.17) is 0 Å². The number of alkyl halides is 3. The van der Waals surface area contributed by atoms with E-state index >= 15 is 0 Å². The Morgan fingerprint density at radius 2 is 2.15 bits per heavy atom. The van der Waals surface area contributed by atoms with Gasteiger partial charge in [0.05, 0.1) is 6.20 Å². The first kappa shape index (κ1) is 10.0. The fourth-order valence-corrected chi connectivity index (χ4v) is 1.05. The molecule has 0 saturated heterocycles. The number of halogens is 3.